The number of ether oxygens (including phenoxy) is 2. The van der Waals surface area contributed by atoms with Crippen molar-refractivity contribution >= 4 is 23.2 Å². The van der Waals surface area contributed by atoms with E-state index in [4.69, 9.17) is 38.4 Å². The van der Waals surface area contributed by atoms with Crippen molar-refractivity contribution in [3.8, 4) is 0 Å². The van der Waals surface area contributed by atoms with Gasteiger partial charge in [-0.2, -0.15) is 0 Å². The first-order valence-corrected chi connectivity index (χ1v) is 5.79. The molecule has 0 amide bonds. The monoisotopic (exact) mass is 263 g/mol. The lowest BCUT2D eigenvalue weighted by Gasteiger charge is -2.08. The number of rotatable bonds is 7. The Morgan fingerprint density at radius 1 is 1.00 bits per heavy atom. The van der Waals surface area contributed by atoms with Gasteiger partial charge in [-0.05, 0) is 12.1 Å². The Balaban J connectivity index is 2.26. The van der Waals surface area contributed by atoms with Gasteiger partial charge in [0.25, 0.3) is 0 Å². The fourth-order valence-electron chi connectivity index (χ4n) is 1.15. The molecule has 1 aromatic rings. The Bertz CT molecular complexity index is 301. The van der Waals surface area contributed by atoms with Crippen molar-refractivity contribution in [2.24, 2.45) is 5.73 Å². The van der Waals surface area contributed by atoms with Crippen LogP contribution in [-0.4, -0.2) is 26.4 Å². The average Bonchev–Trinajstić information content (AvgIpc) is 2.26. The summed E-state index contributed by atoms with van der Waals surface area (Å²) in [6.45, 7) is 2.50. The normalized spacial score (nSPS) is 10.7. The third kappa shape index (κ3) is 4.68. The van der Waals surface area contributed by atoms with Gasteiger partial charge in [0.1, 0.15) is 0 Å². The van der Waals surface area contributed by atoms with Crippen LogP contribution in [0.1, 0.15) is 5.56 Å². The Morgan fingerprint density at radius 3 is 2.25 bits per heavy atom. The lowest BCUT2D eigenvalue weighted by Crippen LogP contribution is -2.12. The first-order valence-electron chi connectivity index (χ1n) is 5.04. The summed E-state index contributed by atoms with van der Waals surface area (Å²) < 4.78 is 10.6. The third-order valence-electron chi connectivity index (χ3n) is 1.94. The van der Waals surface area contributed by atoms with Gasteiger partial charge in [0.2, 0.25) is 0 Å². The molecule has 0 saturated heterocycles. The van der Waals surface area contributed by atoms with Gasteiger partial charge in [-0.3, -0.25) is 0 Å². The van der Waals surface area contributed by atoms with E-state index in [0.29, 0.717) is 43.0 Å². The minimum absolute atomic E-state index is 0.393. The molecule has 0 unspecified atom stereocenters. The van der Waals surface area contributed by atoms with Crippen LogP contribution in [0.5, 0.6) is 0 Å². The second kappa shape index (κ2) is 7.87. The summed E-state index contributed by atoms with van der Waals surface area (Å²) in [5.74, 6) is 0. The van der Waals surface area contributed by atoms with Gasteiger partial charge in [0.05, 0.1) is 26.4 Å². The molecule has 0 spiro atoms. The highest BCUT2D eigenvalue weighted by Crippen LogP contribution is 2.24. The van der Waals surface area contributed by atoms with Crippen LogP contribution in [0.25, 0.3) is 0 Å². The van der Waals surface area contributed by atoms with E-state index < -0.39 is 0 Å². The zero-order valence-electron chi connectivity index (χ0n) is 8.92. The van der Waals surface area contributed by atoms with Crippen LogP contribution in [0.3, 0.4) is 0 Å². The van der Waals surface area contributed by atoms with E-state index in [1.807, 2.05) is 0 Å². The molecule has 0 radical (unpaired) electrons. The summed E-state index contributed by atoms with van der Waals surface area (Å²) in [6.07, 6.45) is 0. The first kappa shape index (κ1) is 13.7. The maximum absolute atomic E-state index is 5.98. The quantitative estimate of drug-likeness (QED) is 0.769. The molecule has 0 aliphatic heterocycles. The number of hydrogen-bond donors (Lipinski definition) is 1. The minimum atomic E-state index is 0.393. The summed E-state index contributed by atoms with van der Waals surface area (Å²) in [6, 6.07) is 5.38. The number of nitrogens with two attached hydrogens (primary N) is 1. The molecular weight excluding hydrogens is 249 g/mol. The van der Waals surface area contributed by atoms with E-state index in [2.05, 4.69) is 0 Å². The number of benzene rings is 1. The predicted molar refractivity (Wildman–Crippen MR) is 66.0 cm³/mol. The minimum Gasteiger partial charge on any atom is -0.378 e. The number of hydrogen-bond acceptors (Lipinski definition) is 3. The Kier molecular flexibility index (Phi) is 6.76. The van der Waals surface area contributed by atoms with Gasteiger partial charge in [-0.15, -0.1) is 0 Å². The molecule has 16 heavy (non-hydrogen) atoms. The van der Waals surface area contributed by atoms with Crippen LogP contribution in [0, 0.1) is 0 Å². The van der Waals surface area contributed by atoms with E-state index in [-0.39, 0.29) is 0 Å². The maximum atomic E-state index is 5.98. The van der Waals surface area contributed by atoms with Crippen molar-refractivity contribution in [1.82, 2.24) is 0 Å². The Morgan fingerprint density at radius 2 is 1.62 bits per heavy atom. The zero-order valence-corrected chi connectivity index (χ0v) is 10.4. The average molecular weight is 264 g/mol. The maximum Gasteiger partial charge on any atom is 0.0747 e. The van der Waals surface area contributed by atoms with Gasteiger partial charge in [-0.25, -0.2) is 0 Å². The molecule has 2 N–H and O–H groups in total. The van der Waals surface area contributed by atoms with Gasteiger partial charge < -0.3 is 15.2 Å². The van der Waals surface area contributed by atoms with Gasteiger partial charge in [0.15, 0.2) is 0 Å². The van der Waals surface area contributed by atoms with E-state index >= 15 is 0 Å². The third-order valence-corrected chi connectivity index (χ3v) is 2.65. The van der Waals surface area contributed by atoms with E-state index in [1.54, 1.807) is 18.2 Å². The van der Waals surface area contributed by atoms with Crippen LogP contribution in [0.15, 0.2) is 18.2 Å². The van der Waals surface area contributed by atoms with E-state index in [1.165, 1.54) is 0 Å². The van der Waals surface area contributed by atoms with Gasteiger partial charge >= 0.3 is 0 Å². The summed E-state index contributed by atoms with van der Waals surface area (Å²) in [5, 5.41) is 1.24. The fraction of sp³-hybridized carbons (Fsp3) is 0.455. The Hall–Kier alpha value is -0.320. The van der Waals surface area contributed by atoms with Crippen molar-refractivity contribution in [1.29, 1.82) is 0 Å². The molecule has 0 bridgehead atoms. The molecule has 3 nitrogen and oxygen atoms in total. The molecule has 1 aromatic carbocycles. The molecule has 90 valence electrons. The first-order chi connectivity index (χ1) is 7.75. The SMILES string of the molecule is NCCOCCOCc1c(Cl)cccc1Cl. The molecule has 0 aliphatic rings. The van der Waals surface area contributed by atoms with E-state index in [9.17, 15) is 0 Å². The van der Waals surface area contributed by atoms with Crippen LogP contribution in [-0.2, 0) is 16.1 Å². The van der Waals surface area contributed by atoms with Crippen molar-refractivity contribution in [2.45, 2.75) is 6.61 Å². The molecule has 0 heterocycles. The molecule has 0 saturated carbocycles. The van der Waals surface area contributed by atoms with Gasteiger partial charge in [0, 0.05) is 22.2 Å². The number of halogens is 2. The van der Waals surface area contributed by atoms with Crippen molar-refractivity contribution < 1.29 is 9.47 Å². The summed E-state index contributed by atoms with van der Waals surface area (Å²) in [7, 11) is 0. The summed E-state index contributed by atoms with van der Waals surface area (Å²) in [5.41, 5.74) is 6.08. The summed E-state index contributed by atoms with van der Waals surface area (Å²) >= 11 is 12.0. The molecule has 0 aromatic heterocycles. The highest BCUT2D eigenvalue weighted by atomic mass is 35.5. The van der Waals surface area contributed by atoms with Crippen LogP contribution < -0.4 is 5.73 Å². The molecular formula is C11H15Cl2NO2. The molecule has 1 rings (SSSR count). The molecule has 5 heteroatoms. The second-order valence-corrected chi connectivity index (χ2v) is 3.97. The van der Waals surface area contributed by atoms with Crippen LogP contribution in [0.4, 0.5) is 0 Å². The lowest BCUT2D eigenvalue weighted by molar-refractivity contribution is 0.0434. The van der Waals surface area contributed by atoms with Crippen molar-refractivity contribution in [2.75, 3.05) is 26.4 Å². The molecule has 0 atom stereocenters. The van der Waals surface area contributed by atoms with Crippen LogP contribution in [0.2, 0.25) is 10.0 Å². The van der Waals surface area contributed by atoms with Crippen molar-refractivity contribution in [3.05, 3.63) is 33.8 Å². The second-order valence-electron chi connectivity index (χ2n) is 3.15. The van der Waals surface area contributed by atoms with E-state index in [0.717, 1.165) is 5.56 Å². The predicted octanol–water partition coefficient (Wildman–Crippen LogP) is 2.49. The zero-order chi connectivity index (χ0) is 11.8. The highest BCUT2D eigenvalue weighted by molar-refractivity contribution is 6.35. The smallest absolute Gasteiger partial charge is 0.0747 e. The highest BCUT2D eigenvalue weighted by Gasteiger charge is 2.04. The molecule has 0 aliphatic carbocycles. The largest absolute Gasteiger partial charge is 0.378 e. The van der Waals surface area contributed by atoms with Crippen LogP contribution >= 0.6 is 23.2 Å². The fourth-order valence-corrected chi connectivity index (χ4v) is 1.65. The Labute approximate surface area is 105 Å². The van der Waals surface area contributed by atoms with Gasteiger partial charge in [-0.1, -0.05) is 29.3 Å². The summed E-state index contributed by atoms with van der Waals surface area (Å²) in [4.78, 5) is 0. The topological polar surface area (TPSA) is 44.5 Å². The van der Waals surface area contributed by atoms with Crippen molar-refractivity contribution in [3.63, 3.8) is 0 Å². The lowest BCUT2D eigenvalue weighted by atomic mass is 10.2. The molecule has 0 fully saturated rings. The standard InChI is InChI=1S/C11H15Cl2NO2/c12-10-2-1-3-11(13)9(10)8-16-7-6-15-5-4-14/h1-3H,4-8,14H2.